The summed E-state index contributed by atoms with van der Waals surface area (Å²) in [7, 11) is 1.84. The molecule has 25 heavy (non-hydrogen) atoms. The van der Waals surface area contributed by atoms with Gasteiger partial charge in [-0.3, -0.25) is 9.67 Å². The van der Waals surface area contributed by atoms with Gasteiger partial charge in [0.1, 0.15) is 11.9 Å². The van der Waals surface area contributed by atoms with Crippen molar-refractivity contribution < 1.29 is 4.74 Å². The summed E-state index contributed by atoms with van der Waals surface area (Å²) >= 11 is 0. The van der Waals surface area contributed by atoms with E-state index in [0.29, 0.717) is 0 Å². The molecule has 0 bridgehead atoms. The molecule has 1 N–H and O–H groups in total. The van der Waals surface area contributed by atoms with Crippen molar-refractivity contribution >= 4 is 5.96 Å². The van der Waals surface area contributed by atoms with Crippen LogP contribution in [0.3, 0.4) is 0 Å². The van der Waals surface area contributed by atoms with E-state index in [2.05, 4.69) is 33.4 Å². The molecule has 0 radical (unpaired) electrons. The minimum Gasteiger partial charge on any atom is -0.490 e. The Bertz CT molecular complexity index is 674. The number of piperidine rings is 1. The van der Waals surface area contributed by atoms with Gasteiger partial charge in [-0.15, -0.1) is 0 Å². The fourth-order valence-electron chi connectivity index (χ4n) is 3.08. The highest BCUT2D eigenvalue weighted by Gasteiger charge is 2.22. The van der Waals surface area contributed by atoms with Gasteiger partial charge < -0.3 is 15.0 Å². The highest BCUT2D eigenvalue weighted by molar-refractivity contribution is 5.79. The van der Waals surface area contributed by atoms with Gasteiger partial charge in [-0.05, 0) is 24.6 Å². The Labute approximate surface area is 149 Å². The Morgan fingerprint density at radius 2 is 2.04 bits per heavy atom. The van der Waals surface area contributed by atoms with Gasteiger partial charge in [0, 0.05) is 45.7 Å². The largest absolute Gasteiger partial charge is 0.490 e. The van der Waals surface area contributed by atoms with Crippen molar-refractivity contribution in [3.05, 3.63) is 48.3 Å². The van der Waals surface area contributed by atoms with E-state index in [1.54, 1.807) is 0 Å². The number of nitrogens with zero attached hydrogens (tertiary/aromatic N) is 4. The molecule has 1 saturated heterocycles. The van der Waals surface area contributed by atoms with Gasteiger partial charge >= 0.3 is 0 Å². The Hall–Kier alpha value is -2.50. The first-order chi connectivity index (χ1) is 12.2. The van der Waals surface area contributed by atoms with Crippen molar-refractivity contribution in [2.75, 3.05) is 26.7 Å². The van der Waals surface area contributed by atoms with E-state index in [0.717, 1.165) is 50.7 Å². The van der Waals surface area contributed by atoms with Crippen molar-refractivity contribution in [1.29, 1.82) is 0 Å². The number of benzene rings is 1. The summed E-state index contributed by atoms with van der Waals surface area (Å²) in [5.41, 5.74) is 1.19. The van der Waals surface area contributed by atoms with Gasteiger partial charge in [0.15, 0.2) is 5.96 Å². The number of nitrogens with one attached hydrogen (secondary N) is 1. The number of aromatic nitrogens is 2. The van der Waals surface area contributed by atoms with E-state index in [1.807, 2.05) is 48.3 Å². The standard InChI is InChI=1S/C19H27N5O/c1-16-14-22-24(15-16)13-10-21-19(20-2)23-11-8-18(9-12-23)25-17-6-4-3-5-7-17/h3-7,14-15,18H,8-13H2,1-2H3,(H,20,21). The molecule has 1 aromatic carbocycles. The molecule has 0 saturated carbocycles. The molecule has 2 heterocycles. The zero-order chi connectivity index (χ0) is 17.5. The number of guanidine groups is 1. The monoisotopic (exact) mass is 341 g/mol. The number of hydrogen-bond acceptors (Lipinski definition) is 3. The fourth-order valence-corrected chi connectivity index (χ4v) is 3.08. The zero-order valence-electron chi connectivity index (χ0n) is 15.1. The Balaban J connectivity index is 1.42. The summed E-state index contributed by atoms with van der Waals surface area (Å²) in [5.74, 6) is 1.92. The molecule has 0 unspecified atom stereocenters. The van der Waals surface area contributed by atoms with Crippen molar-refractivity contribution in [1.82, 2.24) is 20.0 Å². The van der Waals surface area contributed by atoms with Gasteiger partial charge in [0.05, 0.1) is 12.7 Å². The lowest BCUT2D eigenvalue weighted by molar-refractivity contribution is 0.129. The van der Waals surface area contributed by atoms with Crippen LogP contribution in [0, 0.1) is 6.92 Å². The Morgan fingerprint density at radius 1 is 1.28 bits per heavy atom. The maximum atomic E-state index is 6.06. The lowest BCUT2D eigenvalue weighted by Crippen LogP contribution is -2.48. The first-order valence-electron chi connectivity index (χ1n) is 8.91. The minimum atomic E-state index is 0.281. The molecule has 0 aliphatic carbocycles. The number of ether oxygens (including phenoxy) is 1. The number of aliphatic imine (C=N–C) groups is 1. The SMILES string of the molecule is CN=C(NCCn1cc(C)cn1)N1CCC(Oc2ccccc2)CC1. The predicted molar refractivity (Wildman–Crippen MR) is 100.0 cm³/mol. The van der Waals surface area contributed by atoms with E-state index in [4.69, 9.17) is 4.74 Å². The van der Waals surface area contributed by atoms with E-state index >= 15 is 0 Å². The average molecular weight is 341 g/mol. The van der Waals surface area contributed by atoms with Gasteiger partial charge in [-0.1, -0.05) is 18.2 Å². The summed E-state index contributed by atoms with van der Waals surface area (Å²) < 4.78 is 8.01. The molecule has 6 nitrogen and oxygen atoms in total. The van der Waals surface area contributed by atoms with Crippen LogP contribution < -0.4 is 10.1 Å². The lowest BCUT2D eigenvalue weighted by Gasteiger charge is -2.34. The van der Waals surface area contributed by atoms with E-state index in [9.17, 15) is 0 Å². The third-order valence-corrected chi connectivity index (χ3v) is 4.39. The van der Waals surface area contributed by atoms with Crippen LogP contribution in [-0.4, -0.2) is 53.4 Å². The molecule has 1 aliphatic rings. The zero-order valence-corrected chi connectivity index (χ0v) is 15.1. The summed E-state index contributed by atoms with van der Waals surface area (Å²) in [6, 6.07) is 10.1. The summed E-state index contributed by atoms with van der Waals surface area (Å²) in [5, 5.41) is 7.74. The smallest absolute Gasteiger partial charge is 0.193 e. The van der Waals surface area contributed by atoms with Gasteiger partial charge in [-0.2, -0.15) is 5.10 Å². The molecule has 0 atom stereocenters. The normalized spacial score (nSPS) is 16.1. The number of likely N-dealkylation sites (tertiary alicyclic amines) is 1. The average Bonchev–Trinajstić information content (AvgIpc) is 3.06. The van der Waals surface area contributed by atoms with Crippen molar-refractivity contribution in [2.24, 2.45) is 4.99 Å². The van der Waals surface area contributed by atoms with Crippen molar-refractivity contribution in [3.8, 4) is 5.75 Å². The van der Waals surface area contributed by atoms with E-state index < -0.39 is 0 Å². The van der Waals surface area contributed by atoms with Crippen molar-refractivity contribution in [2.45, 2.75) is 32.4 Å². The molecular weight excluding hydrogens is 314 g/mol. The summed E-state index contributed by atoms with van der Waals surface area (Å²) in [6.45, 7) is 5.61. The molecule has 1 aliphatic heterocycles. The van der Waals surface area contributed by atoms with E-state index in [1.165, 1.54) is 5.56 Å². The highest BCUT2D eigenvalue weighted by atomic mass is 16.5. The third-order valence-electron chi connectivity index (χ3n) is 4.39. The molecule has 3 rings (SSSR count). The third kappa shape index (κ3) is 4.98. The van der Waals surface area contributed by atoms with Crippen LogP contribution in [-0.2, 0) is 6.54 Å². The molecule has 1 fully saturated rings. The molecule has 134 valence electrons. The van der Waals surface area contributed by atoms with Crippen LogP contribution in [0.25, 0.3) is 0 Å². The maximum absolute atomic E-state index is 6.06. The first-order valence-corrected chi connectivity index (χ1v) is 8.91. The summed E-state index contributed by atoms with van der Waals surface area (Å²) in [6.07, 6.45) is 6.23. The predicted octanol–water partition coefficient (Wildman–Crippen LogP) is 2.31. The minimum absolute atomic E-state index is 0.281. The Morgan fingerprint density at radius 3 is 2.68 bits per heavy atom. The van der Waals surface area contributed by atoms with Crippen LogP contribution in [0.2, 0.25) is 0 Å². The molecular formula is C19H27N5O. The van der Waals surface area contributed by atoms with Crippen LogP contribution in [0.4, 0.5) is 0 Å². The lowest BCUT2D eigenvalue weighted by atomic mass is 10.1. The van der Waals surface area contributed by atoms with Crippen LogP contribution >= 0.6 is 0 Å². The molecule has 6 heteroatoms. The molecule has 0 spiro atoms. The number of aryl methyl sites for hydroxylation is 1. The number of rotatable bonds is 5. The van der Waals surface area contributed by atoms with Crippen LogP contribution in [0.1, 0.15) is 18.4 Å². The van der Waals surface area contributed by atoms with Gasteiger partial charge in [0.25, 0.3) is 0 Å². The second-order valence-electron chi connectivity index (χ2n) is 6.37. The second-order valence-corrected chi connectivity index (χ2v) is 6.37. The number of para-hydroxylation sites is 1. The fraction of sp³-hybridized carbons (Fsp3) is 0.474. The van der Waals surface area contributed by atoms with Crippen LogP contribution in [0.15, 0.2) is 47.7 Å². The molecule has 0 amide bonds. The van der Waals surface area contributed by atoms with Crippen LogP contribution in [0.5, 0.6) is 5.75 Å². The number of hydrogen-bond donors (Lipinski definition) is 1. The summed E-state index contributed by atoms with van der Waals surface area (Å²) in [4.78, 5) is 6.72. The highest BCUT2D eigenvalue weighted by Crippen LogP contribution is 2.18. The Kier molecular flexibility index (Phi) is 5.93. The topological polar surface area (TPSA) is 54.7 Å². The molecule has 2 aromatic rings. The van der Waals surface area contributed by atoms with Gasteiger partial charge in [0.2, 0.25) is 0 Å². The quantitative estimate of drug-likeness (QED) is 0.670. The molecule has 1 aromatic heterocycles. The second kappa shape index (κ2) is 8.55. The maximum Gasteiger partial charge on any atom is 0.193 e. The van der Waals surface area contributed by atoms with E-state index in [-0.39, 0.29) is 6.10 Å². The first kappa shape index (κ1) is 17.3. The van der Waals surface area contributed by atoms with Gasteiger partial charge in [-0.25, -0.2) is 0 Å². The van der Waals surface area contributed by atoms with Crippen molar-refractivity contribution in [3.63, 3.8) is 0 Å².